The Balaban J connectivity index is 2.03. The van der Waals surface area contributed by atoms with E-state index in [1.165, 1.54) is 0 Å². The molecule has 0 aromatic carbocycles. The second kappa shape index (κ2) is 2.99. The van der Waals surface area contributed by atoms with Gasteiger partial charge in [0.25, 0.3) is 0 Å². The molecule has 0 aromatic rings. The average molecular weight is 196 g/mol. The third-order valence-corrected chi connectivity index (χ3v) is 2.79. The van der Waals surface area contributed by atoms with Crippen LogP contribution in [0.15, 0.2) is 50.4 Å². The summed E-state index contributed by atoms with van der Waals surface area (Å²) in [5, 5.41) is 16.7. The molecule has 72 valence electrons. The quantitative estimate of drug-likeness (QED) is 0.585. The first-order chi connectivity index (χ1) is 7.38. The Bertz CT molecular complexity index is 511. The lowest BCUT2D eigenvalue weighted by Gasteiger charge is -2.23. The first-order valence-electron chi connectivity index (χ1n) is 4.85. The number of nitrogens with zero attached hydrogens (tertiary/aromatic N) is 4. The van der Waals surface area contributed by atoms with Gasteiger partial charge in [0, 0.05) is 17.1 Å². The van der Waals surface area contributed by atoms with Gasteiger partial charge < -0.3 is 0 Å². The maximum Gasteiger partial charge on any atom is 0.0963 e. The van der Waals surface area contributed by atoms with Crippen molar-refractivity contribution in [3.63, 3.8) is 0 Å². The van der Waals surface area contributed by atoms with E-state index in [1.54, 1.807) is 6.20 Å². The molecule has 15 heavy (non-hydrogen) atoms. The van der Waals surface area contributed by atoms with Gasteiger partial charge in [0.15, 0.2) is 0 Å². The molecule has 1 aliphatic carbocycles. The van der Waals surface area contributed by atoms with Crippen LogP contribution in [0.1, 0.15) is 6.42 Å². The van der Waals surface area contributed by atoms with Gasteiger partial charge in [-0.15, -0.1) is 0 Å². The van der Waals surface area contributed by atoms with E-state index in [0.29, 0.717) is 6.54 Å². The largest absolute Gasteiger partial charge is 0.283 e. The minimum absolute atomic E-state index is 0.242. The SMILES string of the molecule is N#CC1=CC2CC=C3N=NC=C3C2=NC1. The summed E-state index contributed by atoms with van der Waals surface area (Å²) >= 11 is 0. The first-order valence-corrected chi connectivity index (χ1v) is 4.85. The predicted molar refractivity (Wildman–Crippen MR) is 55.1 cm³/mol. The highest BCUT2D eigenvalue weighted by Crippen LogP contribution is 2.33. The van der Waals surface area contributed by atoms with Gasteiger partial charge in [0.05, 0.1) is 30.2 Å². The second-order valence-electron chi connectivity index (χ2n) is 3.69. The highest BCUT2D eigenvalue weighted by Gasteiger charge is 2.29. The predicted octanol–water partition coefficient (Wildman–Crippen LogP) is 2.14. The third kappa shape index (κ3) is 1.17. The zero-order valence-electron chi connectivity index (χ0n) is 8.01. The van der Waals surface area contributed by atoms with Crippen molar-refractivity contribution in [3.8, 4) is 6.07 Å². The van der Waals surface area contributed by atoms with Crippen molar-refractivity contribution < 1.29 is 0 Å². The van der Waals surface area contributed by atoms with E-state index in [-0.39, 0.29) is 5.92 Å². The van der Waals surface area contributed by atoms with Crippen molar-refractivity contribution in [2.75, 3.05) is 6.54 Å². The number of fused-ring (bicyclic) bond motifs is 3. The fourth-order valence-electron chi connectivity index (χ4n) is 2.05. The van der Waals surface area contributed by atoms with Crippen LogP contribution >= 0.6 is 0 Å². The van der Waals surface area contributed by atoms with Crippen LogP contribution in [0.25, 0.3) is 0 Å². The van der Waals surface area contributed by atoms with Gasteiger partial charge in [0.2, 0.25) is 0 Å². The standard InChI is InChI=1S/C11H8N4/c12-4-7-3-8-1-2-10-9(6-14-15-10)11(8)13-5-7/h2-3,6,8H,1,5H2. The van der Waals surface area contributed by atoms with Crippen molar-refractivity contribution in [1.82, 2.24) is 0 Å². The highest BCUT2D eigenvalue weighted by atomic mass is 15.1. The number of rotatable bonds is 0. The molecule has 0 aromatic heterocycles. The molecule has 3 aliphatic rings. The van der Waals surface area contributed by atoms with E-state index >= 15 is 0 Å². The minimum Gasteiger partial charge on any atom is -0.283 e. The number of nitriles is 1. The summed E-state index contributed by atoms with van der Waals surface area (Å²) < 4.78 is 0. The molecule has 4 nitrogen and oxygen atoms in total. The third-order valence-electron chi connectivity index (χ3n) is 2.79. The molecule has 0 spiro atoms. The van der Waals surface area contributed by atoms with Gasteiger partial charge in [-0.05, 0) is 6.42 Å². The second-order valence-corrected chi connectivity index (χ2v) is 3.69. The van der Waals surface area contributed by atoms with Gasteiger partial charge in [-0.1, -0.05) is 12.2 Å². The van der Waals surface area contributed by atoms with Gasteiger partial charge in [-0.3, -0.25) is 4.99 Å². The van der Waals surface area contributed by atoms with E-state index in [9.17, 15) is 0 Å². The van der Waals surface area contributed by atoms with E-state index < -0.39 is 0 Å². The molecule has 0 fully saturated rings. The van der Waals surface area contributed by atoms with Crippen LogP contribution in [0.5, 0.6) is 0 Å². The van der Waals surface area contributed by atoms with Crippen LogP contribution in [-0.2, 0) is 0 Å². The molecule has 4 heteroatoms. The van der Waals surface area contributed by atoms with Gasteiger partial charge >= 0.3 is 0 Å². The fraction of sp³-hybridized carbons (Fsp3) is 0.273. The van der Waals surface area contributed by atoms with E-state index in [1.807, 2.05) is 6.08 Å². The lowest BCUT2D eigenvalue weighted by molar-refractivity contribution is 0.821. The maximum atomic E-state index is 8.81. The van der Waals surface area contributed by atoms with Crippen molar-refractivity contribution in [2.24, 2.45) is 21.1 Å². The molecule has 0 saturated carbocycles. The number of allylic oxidation sites excluding steroid dienone is 3. The normalized spacial score (nSPS) is 26.7. The lowest BCUT2D eigenvalue weighted by atomic mass is 9.84. The van der Waals surface area contributed by atoms with Crippen LogP contribution in [0.3, 0.4) is 0 Å². The molecule has 1 atom stereocenters. The molecule has 3 rings (SSSR count). The molecular weight excluding hydrogens is 188 g/mol. The first kappa shape index (κ1) is 8.30. The number of azo groups is 1. The lowest BCUT2D eigenvalue weighted by Crippen LogP contribution is -2.23. The summed E-state index contributed by atoms with van der Waals surface area (Å²) in [7, 11) is 0. The Hall–Kier alpha value is -2.02. The molecule has 1 unspecified atom stereocenters. The van der Waals surface area contributed by atoms with E-state index in [0.717, 1.165) is 29.0 Å². The number of hydrogen-bond donors (Lipinski definition) is 0. The van der Waals surface area contributed by atoms with Crippen LogP contribution in [0.4, 0.5) is 0 Å². The molecule has 2 heterocycles. The van der Waals surface area contributed by atoms with Crippen LogP contribution in [-0.4, -0.2) is 12.3 Å². The molecule has 0 amide bonds. The number of dihydropyridines is 1. The van der Waals surface area contributed by atoms with E-state index in [2.05, 4.69) is 27.4 Å². The van der Waals surface area contributed by atoms with Crippen molar-refractivity contribution in [1.29, 1.82) is 5.26 Å². The summed E-state index contributed by atoms with van der Waals surface area (Å²) in [6, 6.07) is 2.16. The van der Waals surface area contributed by atoms with E-state index in [4.69, 9.17) is 5.26 Å². The van der Waals surface area contributed by atoms with Crippen molar-refractivity contribution >= 4 is 5.71 Å². The Morgan fingerprint density at radius 1 is 1.47 bits per heavy atom. The topological polar surface area (TPSA) is 60.9 Å². The highest BCUT2D eigenvalue weighted by molar-refractivity contribution is 6.08. The van der Waals surface area contributed by atoms with Gasteiger partial charge in [-0.2, -0.15) is 15.5 Å². The van der Waals surface area contributed by atoms with Crippen molar-refractivity contribution in [3.05, 3.63) is 35.2 Å². The Labute approximate surface area is 87.0 Å². The molecule has 0 N–H and O–H groups in total. The Morgan fingerprint density at radius 2 is 2.40 bits per heavy atom. The van der Waals surface area contributed by atoms with Gasteiger partial charge in [-0.25, -0.2) is 0 Å². The molecule has 0 bridgehead atoms. The molecule has 0 radical (unpaired) electrons. The summed E-state index contributed by atoms with van der Waals surface area (Å²) in [6.45, 7) is 0.493. The maximum absolute atomic E-state index is 8.81. The average Bonchev–Trinajstić information content (AvgIpc) is 2.76. The summed E-state index contributed by atoms with van der Waals surface area (Å²) in [4.78, 5) is 4.44. The zero-order chi connectivity index (χ0) is 10.3. The van der Waals surface area contributed by atoms with Crippen LogP contribution < -0.4 is 0 Å². The Kier molecular flexibility index (Phi) is 1.65. The monoisotopic (exact) mass is 196 g/mol. The Morgan fingerprint density at radius 3 is 3.27 bits per heavy atom. The minimum atomic E-state index is 0.242. The smallest absolute Gasteiger partial charge is 0.0963 e. The summed E-state index contributed by atoms with van der Waals surface area (Å²) in [5.74, 6) is 0.242. The number of aliphatic imine (C=N–C) groups is 1. The zero-order valence-corrected chi connectivity index (χ0v) is 8.01. The molecule has 0 saturated heterocycles. The molecule has 2 aliphatic heterocycles. The summed E-state index contributed by atoms with van der Waals surface area (Å²) in [6.07, 6.45) is 6.69. The van der Waals surface area contributed by atoms with Gasteiger partial charge in [0.1, 0.15) is 0 Å². The number of hydrogen-bond acceptors (Lipinski definition) is 4. The molecular formula is C11H8N4. The van der Waals surface area contributed by atoms with Crippen molar-refractivity contribution in [2.45, 2.75) is 6.42 Å². The fourth-order valence-corrected chi connectivity index (χ4v) is 2.05. The summed E-state index contributed by atoms with van der Waals surface area (Å²) in [5.41, 5.74) is 3.75. The van der Waals surface area contributed by atoms with Crippen LogP contribution in [0, 0.1) is 17.2 Å². The van der Waals surface area contributed by atoms with Crippen LogP contribution in [0.2, 0.25) is 0 Å².